The van der Waals surface area contributed by atoms with Gasteiger partial charge in [0.25, 0.3) is 0 Å². The molecule has 0 aliphatic carbocycles. The predicted molar refractivity (Wildman–Crippen MR) is 71.6 cm³/mol. The molecular formula is C12H20N4OS. The maximum atomic E-state index is 6.15. The van der Waals surface area contributed by atoms with E-state index in [2.05, 4.69) is 15.0 Å². The molecule has 6 heteroatoms. The Bertz CT molecular complexity index is 385. The van der Waals surface area contributed by atoms with Gasteiger partial charge in [0, 0.05) is 18.2 Å². The van der Waals surface area contributed by atoms with Crippen molar-refractivity contribution in [3.63, 3.8) is 0 Å². The molecule has 3 rings (SSSR count). The standard InChI is InChI=1S/C12H20N4OS/c13-10(7-16-4-1-2-5-16)11-14-12(17-15-11)9-3-6-18-8-9/h9-10H,1-8,13H2. The monoisotopic (exact) mass is 268 g/mol. The van der Waals surface area contributed by atoms with Crippen LogP contribution in [0.15, 0.2) is 4.52 Å². The van der Waals surface area contributed by atoms with Gasteiger partial charge in [-0.25, -0.2) is 0 Å². The Labute approximate surface area is 111 Å². The van der Waals surface area contributed by atoms with Crippen LogP contribution in [0.2, 0.25) is 0 Å². The second kappa shape index (κ2) is 5.59. The van der Waals surface area contributed by atoms with Crippen molar-refractivity contribution in [1.29, 1.82) is 0 Å². The van der Waals surface area contributed by atoms with E-state index in [9.17, 15) is 0 Å². The molecule has 2 unspecified atom stereocenters. The summed E-state index contributed by atoms with van der Waals surface area (Å²) >= 11 is 1.95. The Kier molecular flexibility index (Phi) is 3.86. The van der Waals surface area contributed by atoms with Crippen LogP contribution in [0.3, 0.4) is 0 Å². The highest BCUT2D eigenvalue weighted by atomic mass is 32.2. The van der Waals surface area contributed by atoms with Crippen molar-refractivity contribution in [2.45, 2.75) is 31.2 Å². The molecule has 2 aliphatic heterocycles. The summed E-state index contributed by atoms with van der Waals surface area (Å²) < 4.78 is 5.36. The van der Waals surface area contributed by atoms with E-state index in [0.29, 0.717) is 11.7 Å². The highest BCUT2D eigenvalue weighted by molar-refractivity contribution is 7.99. The summed E-state index contributed by atoms with van der Waals surface area (Å²) in [7, 11) is 0. The first-order valence-corrected chi connectivity index (χ1v) is 7.87. The van der Waals surface area contributed by atoms with Crippen LogP contribution >= 0.6 is 11.8 Å². The van der Waals surface area contributed by atoms with Crippen LogP contribution < -0.4 is 5.73 Å². The van der Waals surface area contributed by atoms with Gasteiger partial charge in [-0.2, -0.15) is 16.7 Å². The van der Waals surface area contributed by atoms with Gasteiger partial charge >= 0.3 is 0 Å². The minimum absolute atomic E-state index is 0.116. The van der Waals surface area contributed by atoms with Gasteiger partial charge in [-0.05, 0) is 38.1 Å². The Morgan fingerprint density at radius 3 is 3.00 bits per heavy atom. The number of rotatable bonds is 4. The molecule has 2 aliphatic rings. The lowest BCUT2D eigenvalue weighted by Crippen LogP contribution is -2.30. The molecule has 2 saturated heterocycles. The summed E-state index contributed by atoms with van der Waals surface area (Å²) in [6, 6.07) is -0.116. The lowest BCUT2D eigenvalue weighted by molar-refractivity contribution is 0.304. The zero-order chi connectivity index (χ0) is 12.4. The largest absolute Gasteiger partial charge is 0.339 e. The maximum absolute atomic E-state index is 6.15. The third-order valence-electron chi connectivity index (χ3n) is 3.72. The highest BCUT2D eigenvalue weighted by Crippen LogP contribution is 2.31. The molecule has 2 fully saturated rings. The van der Waals surface area contributed by atoms with Gasteiger partial charge in [-0.15, -0.1) is 0 Å². The van der Waals surface area contributed by atoms with E-state index in [0.717, 1.165) is 37.7 Å². The lowest BCUT2D eigenvalue weighted by atomic mass is 10.1. The van der Waals surface area contributed by atoms with E-state index in [1.165, 1.54) is 18.6 Å². The highest BCUT2D eigenvalue weighted by Gasteiger charge is 2.25. The smallest absolute Gasteiger partial charge is 0.230 e. The normalized spacial score (nSPS) is 26.8. The number of thioether (sulfide) groups is 1. The molecule has 5 nitrogen and oxygen atoms in total. The molecule has 0 radical (unpaired) electrons. The summed E-state index contributed by atoms with van der Waals surface area (Å²) in [5.41, 5.74) is 6.15. The second-order valence-electron chi connectivity index (χ2n) is 5.17. The van der Waals surface area contributed by atoms with Gasteiger partial charge in [0.15, 0.2) is 5.82 Å². The van der Waals surface area contributed by atoms with Crippen molar-refractivity contribution in [2.75, 3.05) is 31.1 Å². The summed E-state index contributed by atoms with van der Waals surface area (Å²) in [6.07, 6.45) is 3.71. The van der Waals surface area contributed by atoms with Crippen molar-refractivity contribution in [2.24, 2.45) is 5.73 Å². The summed E-state index contributed by atoms with van der Waals surface area (Å²) in [4.78, 5) is 6.87. The van der Waals surface area contributed by atoms with Crippen molar-refractivity contribution >= 4 is 11.8 Å². The predicted octanol–water partition coefficient (Wildman–Crippen LogP) is 1.39. The van der Waals surface area contributed by atoms with E-state index in [4.69, 9.17) is 10.3 Å². The number of nitrogens with two attached hydrogens (primary N) is 1. The number of hydrogen-bond donors (Lipinski definition) is 1. The summed E-state index contributed by atoms with van der Waals surface area (Å²) in [5, 5.41) is 4.06. The Morgan fingerprint density at radius 2 is 2.28 bits per heavy atom. The number of hydrogen-bond acceptors (Lipinski definition) is 6. The first kappa shape index (κ1) is 12.4. The molecule has 0 aromatic carbocycles. The van der Waals surface area contributed by atoms with Crippen LogP contribution in [0.25, 0.3) is 0 Å². The molecule has 3 heterocycles. The molecule has 1 aromatic heterocycles. The maximum Gasteiger partial charge on any atom is 0.230 e. The summed E-state index contributed by atoms with van der Waals surface area (Å²) in [6.45, 7) is 3.15. The van der Waals surface area contributed by atoms with Gasteiger partial charge in [0.2, 0.25) is 5.89 Å². The second-order valence-corrected chi connectivity index (χ2v) is 6.32. The van der Waals surface area contributed by atoms with Gasteiger partial charge < -0.3 is 15.2 Å². The molecule has 2 N–H and O–H groups in total. The topological polar surface area (TPSA) is 68.2 Å². The Morgan fingerprint density at radius 1 is 1.44 bits per heavy atom. The van der Waals surface area contributed by atoms with Crippen molar-refractivity contribution in [3.05, 3.63) is 11.7 Å². The average Bonchev–Trinajstić information content (AvgIpc) is 3.11. The number of nitrogens with zero attached hydrogens (tertiary/aromatic N) is 3. The first-order chi connectivity index (χ1) is 8.83. The molecule has 2 atom stereocenters. The van der Waals surface area contributed by atoms with Crippen LogP contribution in [0.5, 0.6) is 0 Å². The Balaban J connectivity index is 1.60. The molecule has 18 heavy (non-hydrogen) atoms. The SMILES string of the molecule is NC(CN1CCCC1)c1noc(C2CCSC2)n1. The van der Waals surface area contributed by atoms with E-state index in [1.54, 1.807) is 0 Å². The van der Waals surface area contributed by atoms with E-state index in [1.807, 2.05) is 11.8 Å². The number of aromatic nitrogens is 2. The third-order valence-corrected chi connectivity index (χ3v) is 4.88. The minimum Gasteiger partial charge on any atom is -0.339 e. The van der Waals surface area contributed by atoms with Crippen molar-refractivity contribution in [3.8, 4) is 0 Å². The van der Waals surface area contributed by atoms with Gasteiger partial charge in [-0.3, -0.25) is 0 Å². The van der Waals surface area contributed by atoms with E-state index < -0.39 is 0 Å². The molecule has 0 saturated carbocycles. The zero-order valence-electron chi connectivity index (χ0n) is 10.5. The fourth-order valence-electron chi connectivity index (χ4n) is 2.62. The third kappa shape index (κ3) is 2.70. The van der Waals surface area contributed by atoms with Gasteiger partial charge in [-0.1, -0.05) is 5.16 Å². The van der Waals surface area contributed by atoms with Gasteiger partial charge in [0.1, 0.15) is 0 Å². The van der Waals surface area contributed by atoms with Crippen molar-refractivity contribution in [1.82, 2.24) is 15.0 Å². The molecule has 0 spiro atoms. The lowest BCUT2D eigenvalue weighted by Gasteiger charge is -2.17. The van der Waals surface area contributed by atoms with Crippen LogP contribution in [-0.2, 0) is 0 Å². The van der Waals surface area contributed by atoms with E-state index >= 15 is 0 Å². The van der Waals surface area contributed by atoms with E-state index in [-0.39, 0.29) is 6.04 Å². The molecule has 0 bridgehead atoms. The van der Waals surface area contributed by atoms with Crippen LogP contribution in [-0.4, -0.2) is 46.2 Å². The fourth-order valence-corrected chi connectivity index (χ4v) is 3.83. The van der Waals surface area contributed by atoms with Crippen LogP contribution in [0.1, 0.15) is 42.9 Å². The van der Waals surface area contributed by atoms with Crippen LogP contribution in [0, 0.1) is 0 Å². The zero-order valence-corrected chi connectivity index (χ0v) is 11.4. The molecule has 0 amide bonds. The van der Waals surface area contributed by atoms with Crippen LogP contribution in [0.4, 0.5) is 0 Å². The molecule has 1 aromatic rings. The fraction of sp³-hybridized carbons (Fsp3) is 0.833. The minimum atomic E-state index is -0.116. The molecule has 100 valence electrons. The Hall–Kier alpha value is -0.590. The number of likely N-dealkylation sites (tertiary alicyclic amines) is 1. The molecular weight excluding hydrogens is 248 g/mol. The average molecular weight is 268 g/mol. The first-order valence-electron chi connectivity index (χ1n) is 6.72. The van der Waals surface area contributed by atoms with Crippen molar-refractivity contribution < 1.29 is 4.52 Å². The summed E-state index contributed by atoms with van der Waals surface area (Å²) in [5.74, 6) is 4.20. The van der Waals surface area contributed by atoms with Gasteiger partial charge in [0.05, 0.1) is 6.04 Å². The quantitative estimate of drug-likeness (QED) is 0.890.